The molecule has 0 rings (SSSR count). The van der Waals surface area contributed by atoms with Crippen LogP contribution in [0, 0.1) is 0 Å². The number of aliphatic carboxylic acids is 1. The molecule has 0 saturated heterocycles. The molecule has 0 amide bonds. The van der Waals surface area contributed by atoms with E-state index in [1.54, 1.807) is 13.8 Å². The molecule has 0 aromatic carbocycles. The summed E-state index contributed by atoms with van der Waals surface area (Å²) in [5.41, 5.74) is 5.66. The number of nitrogens with two attached hydrogens (primary N) is 1. The Bertz CT molecular complexity index is 179. The highest BCUT2D eigenvalue weighted by Crippen LogP contribution is 2.04. The first kappa shape index (κ1) is 13.7. The minimum absolute atomic E-state index is 0. The van der Waals surface area contributed by atoms with E-state index in [1.807, 2.05) is 0 Å². The van der Waals surface area contributed by atoms with Crippen LogP contribution >= 0.6 is 12.4 Å². The number of halogens is 1. The van der Waals surface area contributed by atoms with E-state index in [9.17, 15) is 4.79 Å². The lowest BCUT2D eigenvalue weighted by molar-refractivity contribution is -0.136. The van der Waals surface area contributed by atoms with Crippen LogP contribution in [-0.4, -0.2) is 17.7 Å². The van der Waals surface area contributed by atoms with Crippen molar-refractivity contribution in [2.24, 2.45) is 5.73 Å². The van der Waals surface area contributed by atoms with Gasteiger partial charge in [-0.1, -0.05) is 6.92 Å². The average Bonchev–Trinajstić information content (AvgIpc) is 1.98. The third-order valence-electron chi connectivity index (χ3n) is 1.16. The second kappa shape index (κ2) is 6.79. The predicted octanol–water partition coefficient (Wildman–Crippen LogP) is 1.11. The topological polar surface area (TPSA) is 72.5 Å². The maximum Gasteiger partial charge on any atom is 0.373 e. The van der Waals surface area contributed by atoms with Gasteiger partial charge in [-0.25, -0.2) is 4.79 Å². The zero-order valence-corrected chi connectivity index (χ0v) is 7.98. The van der Waals surface area contributed by atoms with Gasteiger partial charge >= 0.3 is 5.97 Å². The van der Waals surface area contributed by atoms with E-state index in [0.29, 0.717) is 13.0 Å². The minimum atomic E-state index is -1.11. The summed E-state index contributed by atoms with van der Waals surface area (Å²) < 4.78 is 4.81. The first-order valence-corrected chi connectivity index (χ1v) is 3.48. The number of carboxylic acids is 1. The Balaban J connectivity index is 0. The third-order valence-corrected chi connectivity index (χ3v) is 1.16. The Morgan fingerprint density at radius 1 is 1.50 bits per heavy atom. The fraction of sp³-hybridized carbons (Fsp3) is 0.571. The van der Waals surface area contributed by atoms with E-state index in [1.165, 1.54) is 0 Å². The van der Waals surface area contributed by atoms with Crippen LogP contribution in [-0.2, 0) is 9.53 Å². The molecule has 0 atom stereocenters. The van der Waals surface area contributed by atoms with Crippen LogP contribution in [0.15, 0.2) is 11.5 Å². The lowest BCUT2D eigenvalue weighted by atomic mass is 10.3. The fourth-order valence-electron chi connectivity index (χ4n) is 0.597. The van der Waals surface area contributed by atoms with Crippen LogP contribution in [0.25, 0.3) is 0 Å². The van der Waals surface area contributed by atoms with Crippen molar-refractivity contribution in [1.29, 1.82) is 0 Å². The van der Waals surface area contributed by atoms with Crippen molar-refractivity contribution in [1.82, 2.24) is 0 Å². The monoisotopic (exact) mass is 195 g/mol. The number of ether oxygens (including phenoxy) is 1. The zero-order chi connectivity index (χ0) is 8.85. The lowest BCUT2D eigenvalue weighted by Gasteiger charge is -2.05. The molecule has 12 heavy (non-hydrogen) atoms. The van der Waals surface area contributed by atoms with Crippen LogP contribution in [0.1, 0.15) is 20.3 Å². The molecular weight excluding hydrogens is 182 g/mol. The highest BCUT2D eigenvalue weighted by atomic mass is 35.5. The number of rotatable bonds is 4. The fourth-order valence-corrected chi connectivity index (χ4v) is 0.597. The van der Waals surface area contributed by atoms with E-state index in [0.717, 1.165) is 0 Å². The molecule has 4 nitrogen and oxygen atoms in total. The van der Waals surface area contributed by atoms with Gasteiger partial charge in [0.05, 0.1) is 12.3 Å². The van der Waals surface area contributed by atoms with E-state index in [-0.39, 0.29) is 23.9 Å². The third kappa shape index (κ3) is 4.08. The summed E-state index contributed by atoms with van der Waals surface area (Å²) in [5, 5.41) is 8.54. The average molecular weight is 196 g/mol. The smallest absolute Gasteiger partial charge is 0.373 e. The summed E-state index contributed by atoms with van der Waals surface area (Å²) in [5.74, 6) is -1.23. The predicted molar refractivity (Wildman–Crippen MR) is 48.0 cm³/mol. The van der Waals surface area contributed by atoms with Crippen molar-refractivity contribution < 1.29 is 14.6 Å². The van der Waals surface area contributed by atoms with Gasteiger partial charge < -0.3 is 15.6 Å². The first-order chi connectivity index (χ1) is 5.13. The summed E-state index contributed by atoms with van der Waals surface area (Å²) in [7, 11) is 0. The normalized spacial score (nSPS) is 11.2. The van der Waals surface area contributed by atoms with Gasteiger partial charge in [-0.15, -0.1) is 12.4 Å². The van der Waals surface area contributed by atoms with Gasteiger partial charge in [0.1, 0.15) is 0 Å². The van der Waals surface area contributed by atoms with Crippen LogP contribution in [0.3, 0.4) is 0 Å². The molecule has 0 spiro atoms. The lowest BCUT2D eigenvalue weighted by Crippen LogP contribution is -2.12. The highest BCUT2D eigenvalue weighted by molar-refractivity contribution is 5.85. The zero-order valence-electron chi connectivity index (χ0n) is 7.16. The van der Waals surface area contributed by atoms with Crippen molar-refractivity contribution >= 4 is 18.4 Å². The van der Waals surface area contributed by atoms with Gasteiger partial charge in [-0.3, -0.25) is 0 Å². The summed E-state index contributed by atoms with van der Waals surface area (Å²) in [6.07, 6.45) is 0.488. The van der Waals surface area contributed by atoms with Crippen molar-refractivity contribution in [3.8, 4) is 0 Å². The minimum Gasteiger partial charge on any atom is -0.486 e. The van der Waals surface area contributed by atoms with E-state index >= 15 is 0 Å². The molecule has 0 aliphatic heterocycles. The molecule has 72 valence electrons. The summed E-state index contributed by atoms with van der Waals surface area (Å²) in [4.78, 5) is 10.4. The number of carboxylic acid groups (broad SMARTS) is 1. The Hall–Kier alpha value is -0.900. The number of allylic oxidation sites excluding steroid dienone is 1. The van der Waals surface area contributed by atoms with Crippen molar-refractivity contribution in [3.05, 3.63) is 11.5 Å². The number of carbonyl (C=O) groups is 1. The molecule has 0 saturated carbocycles. The van der Waals surface area contributed by atoms with Crippen molar-refractivity contribution in [2.45, 2.75) is 20.3 Å². The van der Waals surface area contributed by atoms with E-state index in [2.05, 4.69) is 0 Å². The second-order valence-electron chi connectivity index (χ2n) is 1.95. The van der Waals surface area contributed by atoms with Gasteiger partial charge in [0.15, 0.2) is 0 Å². The molecular formula is C7H14ClNO3. The van der Waals surface area contributed by atoms with Crippen LogP contribution < -0.4 is 5.73 Å². The molecule has 0 aromatic heterocycles. The van der Waals surface area contributed by atoms with Gasteiger partial charge in [-0.05, 0) is 13.3 Å². The molecule has 0 aromatic rings. The Morgan fingerprint density at radius 3 is 2.25 bits per heavy atom. The standard InChI is InChI=1S/C7H13NO3.ClH/c1-3-5(8)6(7(9)10)11-4-2;/h3-4,8H2,1-2H3,(H,9,10);1H/b6-5-;. The highest BCUT2D eigenvalue weighted by Gasteiger charge is 2.11. The quantitative estimate of drug-likeness (QED) is 0.521. The Kier molecular flexibility index (Phi) is 7.73. The molecule has 0 aliphatic carbocycles. The summed E-state index contributed by atoms with van der Waals surface area (Å²) in [6.45, 7) is 3.81. The summed E-state index contributed by atoms with van der Waals surface area (Å²) in [6, 6.07) is 0. The molecule has 0 unspecified atom stereocenters. The van der Waals surface area contributed by atoms with E-state index in [4.69, 9.17) is 15.6 Å². The van der Waals surface area contributed by atoms with Gasteiger partial charge in [0, 0.05) is 0 Å². The van der Waals surface area contributed by atoms with Crippen molar-refractivity contribution in [3.63, 3.8) is 0 Å². The molecule has 0 bridgehead atoms. The second-order valence-corrected chi connectivity index (χ2v) is 1.95. The first-order valence-electron chi connectivity index (χ1n) is 3.48. The maximum absolute atomic E-state index is 10.4. The van der Waals surface area contributed by atoms with E-state index < -0.39 is 5.97 Å². The Morgan fingerprint density at radius 2 is 2.00 bits per heavy atom. The van der Waals surface area contributed by atoms with Crippen LogP contribution in [0.5, 0.6) is 0 Å². The largest absolute Gasteiger partial charge is 0.486 e. The van der Waals surface area contributed by atoms with Gasteiger partial charge in [0.2, 0.25) is 5.76 Å². The molecule has 5 heteroatoms. The van der Waals surface area contributed by atoms with Crippen molar-refractivity contribution in [2.75, 3.05) is 6.61 Å². The number of hydrogen-bond acceptors (Lipinski definition) is 3. The molecule has 0 aliphatic rings. The van der Waals surface area contributed by atoms with Gasteiger partial charge in [0.25, 0.3) is 0 Å². The molecule has 0 fully saturated rings. The maximum atomic E-state index is 10.4. The van der Waals surface area contributed by atoms with Gasteiger partial charge in [-0.2, -0.15) is 0 Å². The van der Waals surface area contributed by atoms with Crippen LogP contribution in [0.4, 0.5) is 0 Å². The van der Waals surface area contributed by atoms with Crippen LogP contribution in [0.2, 0.25) is 0 Å². The molecule has 0 radical (unpaired) electrons. The Labute approximate surface area is 77.8 Å². The molecule has 0 heterocycles. The molecule has 3 N–H and O–H groups in total. The summed E-state index contributed by atoms with van der Waals surface area (Å²) >= 11 is 0. The SMILES string of the molecule is CCO/C(C(=O)O)=C(\N)CC.Cl. The number of hydrogen-bond donors (Lipinski definition) is 2.